The first-order chi connectivity index (χ1) is 10.9. The normalized spacial score (nSPS) is 14.7. The first-order valence-electron chi connectivity index (χ1n) is 7.30. The van der Waals surface area contributed by atoms with Crippen LogP contribution in [0.1, 0.15) is 11.1 Å². The maximum atomic E-state index is 5.39. The van der Waals surface area contributed by atoms with Crippen LogP contribution in [0, 0.1) is 0 Å². The molecule has 0 saturated carbocycles. The van der Waals surface area contributed by atoms with Crippen molar-refractivity contribution in [1.29, 1.82) is 0 Å². The largest absolute Gasteiger partial charge is 0.454 e. The fourth-order valence-electron chi connectivity index (χ4n) is 2.57. The zero-order valence-electron chi connectivity index (χ0n) is 12.1. The van der Waals surface area contributed by atoms with E-state index in [9.17, 15) is 0 Å². The minimum Gasteiger partial charge on any atom is -0.454 e. The molecule has 2 aliphatic heterocycles. The van der Waals surface area contributed by atoms with E-state index in [1.165, 1.54) is 11.1 Å². The number of fused-ring (bicyclic) bond motifs is 2. The molecule has 2 heterocycles. The first kappa shape index (κ1) is 13.1. The third-order valence-electron chi connectivity index (χ3n) is 3.75. The minimum atomic E-state index is 0.318. The van der Waals surface area contributed by atoms with Gasteiger partial charge in [0.25, 0.3) is 0 Å². The zero-order chi connectivity index (χ0) is 14.8. The van der Waals surface area contributed by atoms with Crippen LogP contribution in [0.2, 0.25) is 0 Å². The molecule has 4 nitrogen and oxygen atoms in total. The molecule has 0 unspecified atom stereocenters. The van der Waals surface area contributed by atoms with Crippen LogP contribution in [0.3, 0.4) is 0 Å². The number of benzene rings is 2. The molecule has 0 aliphatic carbocycles. The van der Waals surface area contributed by atoms with Crippen LogP contribution in [0.5, 0.6) is 23.0 Å². The topological polar surface area (TPSA) is 36.9 Å². The van der Waals surface area contributed by atoms with Gasteiger partial charge in [-0.3, -0.25) is 0 Å². The number of ether oxygens (including phenoxy) is 4. The summed E-state index contributed by atoms with van der Waals surface area (Å²) in [6, 6.07) is 12.1. The lowest BCUT2D eigenvalue weighted by Crippen LogP contribution is -1.92. The fourth-order valence-corrected chi connectivity index (χ4v) is 2.57. The average molecular weight is 296 g/mol. The van der Waals surface area contributed by atoms with Crippen molar-refractivity contribution >= 4 is 0 Å². The minimum absolute atomic E-state index is 0.318. The van der Waals surface area contributed by atoms with Gasteiger partial charge < -0.3 is 18.9 Å². The molecule has 0 bridgehead atoms. The Kier molecular flexibility index (Phi) is 3.35. The van der Waals surface area contributed by atoms with E-state index in [4.69, 9.17) is 18.9 Å². The summed E-state index contributed by atoms with van der Waals surface area (Å²) < 4.78 is 21.4. The van der Waals surface area contributed by atoms with Gasteiger partial charge in [-0.25, -0.2) is 0 Å². The van der Waals surface area contributed by atoms with Crippen LogP contribution in [-0.2, 0) is 12.8 Å². The fraction of sp³-hybridized carbons (Fsp3) is 0.222. The molecule has 0 atom stereocenters. The van der Waals surface area contributed by atoms with Gasteiger partial charge in [0, 0.05) is 0 Å². The Balaban J connectivity index is 1.36. The van der Waals surface area contributed by atoms with Crippen LogP contribution in [0.15, 0.2) is 48.6 Å². The van der Waals surface area contributed by atoms with Crippen molar-refractivity contribution in [2.24, 2.45) is 0 Å². The summed E-state index contributed by atoms with van der Waals surface area (Å²) in [7, 11) is 0. The van der Waals surface area contributed by atoms with E-state index < -0.39 is 0 Å². The SMILES string of the molecule is C(=C/Cc1ccc2c(c1)OCO2)/Cc1ccc2c(c1)OCO2. The molecule has 22 heavy (non-hydrogen) atoms. The van der Waals surface area contributed by atoms with Gasteiger partial charge in [-0.05, 0) is 48.2 Å². The predicted molar refractivity (Wildman–Crippen MR) is 81.7 cm³/mol. The van der Waals surface area contributed by atoms with Crippen molar-refractivity contribution in [3.8, 4) is 23.0 Å². The second-order valence-corrected chi connectivity index (χ2v) is 5.25. The third-order valence-corrected chi connectivity index (χ3v) is 3.75. The van der Waals surface area contributed by atoms with Gasteiger partial charge >= 0.3 is 0 Å². The smallest absolute Gasteiger partial charge is 0.231 e. The third kappa shape index (κ3) is 2.60. The molecule has 2 aliphatic rings. The van der Waals surface area contributed by atoms with Crippen molar-refractivity contribution < 1.29 is 18.9 Å². The molecule has 0 fully saturated rings. The molecule has 0 amide bonds. The summed E-state index contributed by atoms with van der Waals surface area (Å²) in [5.74, 6) is 3.32. The van der Waals surface area contributed by atoms with Crippen molar-refractivity contribution in [3.63, 3.8) is 0 Å². The van der Waals surface area contributed by atoms with Crippen LogP contribution in [-0.4, -0.2) is 13.6 Å². The maximum absolute atomic E-state index is 5.39. The van der Waals surface area contributed by atoms with Gasteiger partial charge in [-0.1, -0.05) is 24.3 Å². The molecule has 0 radical (unpaired) electrons. The van der Waals surface area contributed by atoms with Crippen LogP contribution in [0.4, 0.5) is 0 Å². The highest BCUT2D eigenvalue weighted by atomic mass is 16.7. The van der Waals surface area contributed by atoms with E-state index in [-0.39, 0.29) is 0 Å². The molecule has 0 spiro atoms. The van der Waals surface area contributed by atoms with Gasteiger partial charge in [-0.15, -0.1) is 0 Å². The lowest BCUT2D eigenvalue weighted by molar-refractivity contribution is 0.173. The highest BCUT2D eigenvalue weighted by Crippen LogP contribution is 2.33. The van der Waals surface area contributed by atoms with E-state index >= 15 is 0 Å². The summed E-state index contributed by atoms with van der Waals surface area (Å²) in [5, 5.41) is 0. The lowest BCUT2D eigenvalue weighted by atomic mass is 10.1. The van der Waals surface area contributed by atoms with E-state index in [0.717, 1.165) is 35.8 Å². The molecule has 4 rings (SSSR count). The first-order valence-corrected chi connectivity index (χ1v) is 7.30. The molecule has 0 N–H and O–H groups in total. The van der Waals surface area contributed by atoms with Gasteiger partial charge in [-0.2, -0.15) is 0 Å². The van der Waals surface area contributed by atoms with Crippen LogP contribution >= 0.6 is 0 Å². The average Bonchev–Trinajstić information content (AvgIpc) is 3.19. The number of allylic oxidation sites excluding steroid dienone is 2. The van der Waals surface area contributed by atoms with E-state index in [1.807, 2.05) is 24.3 Å². The Hall–Kier alpha value is -2.62. The Morgan fingerprint density at radius 1 is 0.636 bits per heavy atom. The summed E-state index contributed by atoms with van der Waals surface area (Å²) in [6.07, 6.45) is 6.09. The van der Waals surface area contributed by atoms with Crippen molar-refractivity contribution in [2.45, 2.75) is 12.8 Å². The standard InChI is InChI=1S/C18H16O4/c1(3-13-5-7-15-17(9-13)21-11-19-15)2-4-14-6-8-16-18(10-14)22-12-20-16/h1-2,5-10H,3-4,11-12H2/b2-1-. The van der Waals surface area contributed by atoms with Crippen molar-refractivity contribution in [3.05, 3.63) is 59.7 Å². The molecule has 2 aromatic carbocycles. The quantitative estimate of drug-likeness (QED) is 0.809. The van der Waals surface area contributed by atoms with Gasteiger partial charge in [0.2, 0.25) is 13.6 Å². The van der Waals surface area contributed by atoms with Gasteiger partial charge in [0.15, 0.2) is 23.0 Å². The van der Waals surface area contributed by atoms with Crippen molar-refractivity contribution in [2.75, 3.05) is 13.6 Å². The predicted octanol–water partition coefficient (Wildman–Crippen LogP) is 3.49. The zero-order valence-corrected chi connectivity index (χ0v) is 12.1. The molecule has 0 aromatic heterocycles. The number of hydrogen-bond acceptors (Lipinski definition) is 4. The molecule has 0 saturated heterocycles. The van der Waals surface area contributed by atoms with Crippen molar-refractivity contribution in [1.82, 2.24) is 0 Å². The molecule has 2 aromatic rings. The molecular weight excluding hydrogens is 280 g/mol. The Morgan fingerprint density at radius 2 is 1.09 bits per heavy atom. The number of hydrogen-bond donors (Lipinski definition) is 0. The Morgan fingerprint density at radius 3 is 1.59 bits per heavy atom. The summed E-state index contributed by atoms with van der Waals surface area (Å²) >= 11 is 0. The van der Waals surface area contributed by atoms with Crippen LogP contribution in [0.25, 0.3) is 0 Å². The second-order valence-electron chi connectivity index (χ2n) is 5.25. The van der Waals surface area contributed by atoms with Crippen LogP contribution < -0.4 is 18.9 Å². The lowest BCUT2D eigenvalue weighted by Gasteiger charge is -2.01. The van der Waals surface area contributed by atoms with E-state index in [0.29, 0.717) is 13.6 Å². The van der Waals surface area contributed by atoms with Gasteiger partial charge in [0.05, 0.1) is 0 Å². The summed E-state index contributed by atoms with van der Waals surface area (Å²) in [6.45, 7) is 0.636. The van der Waals surface area contributed by atoms with Gasteiger partial charge in [0.1, 0.15) is 0 Å². The monoisotopic (exact) mass is 296 g/mol. The molecule has 4 heteroatoms. The Bertz CT molecular complexity index is 660. The Labute approximate surface area is 128 Å². The molecule has 112 valence electrons. The second kappa shape index (κ2) is 5.64. The molecular formula is C18H16O4. The summed E-state index contributed by atoms with van der Waals surface area (Å²) in [5.41, 5.74) is 2.43. The maximum Gasteiger partial charge on any atom is 0.231 e. The summed E-state index contributed by atoms with van der Waals surface area (Å²) in [4.78, 5) is 0. The highest BCUT2D eigenvalue weighted by molar-refractivity contribution is 5.46. The number of rotatable bonds is 4. The van der Waals surface area contributed by atoms with E-state index in [1.54, 1.807) is 0 Å². The van der Waals surface area contributed by atoms with E-state index in [2.05, 4.69) is 24.3 Å². The highest BCUT2D eigenvalue weighted by Gasteiger charge is 2.13.